The van der Waals surface area contributed by atoms with Gasteiger partial charge in [-0.2, -0.15) is 0 Å². The number of rotatable bonds is 3. The quantitative estimate of drug-likeness (QED) is 0.858. The van der Waals surface area contributed by atoms with E-state index >= 15 is 0 Å². The number of carbonyl (C=O) groups is 1. The number of piperidine rings is 1. The number of ether oxygens (including phenoxy) is 2. The molecule has 2 saturated heterocycles. The van der Waals surface area contributed by atoms with Crippen molar-refractivity contribution in [3.63, 3.8) is 0 Å². The highest BCUT2D eigenvalue weighted by atomic mass is 16.7. The van der Waals surface area contributed by atoms with Crippen LogP contribution in [0.4, 0.5) is 0 Å². The largest absolute Gasteiger partial charge is 0.352 e. The van der Waals surface area contributed by atoms with Crippen LogP contribution >= 0.6 is 0 Å². The fourth-order valence-corrected chi connectivity index (χ4v) is 3.82. The maximum Gasteiger partial charge on any atom is 0.234 e. The first-order valence-electron chi connectivity index (χ1n) is 8.46. The monoisotopic (exact) mass is 296 g/mol. The zero-order valence-corrected chi connectivity index (χ0v) is 13.1. The van der Waals surface area contributed by atoms with Gasteiger partial charge in [0.15, 0.2) is 5.79 Å². The molecule has 0 radical (unpaired) electrons. The second-order valence-corrected chi connectivity index (χ2v) is 6.82. The molecule has 2 heterocycles. The lowest BCUT2D eigenvalue weighted by Gasteiger charge is -2.37. The van der Waals surface area contributed by atoms with E-state index in [1.165, 1.54) is 19.3 Å². The van der Waals surface area contributed by atoms with Crippen LogP contribution in [0.3, 0.4) is 0 Å². The normalized spacial score (nSPS) is 33.2. The summed E-state index contributed by atoms with van der Waals surface area (Å²) in [5.74, 6) is 0.454. The number of hydrogen-bond donors (Lipinski definition) is 1. The zero-order valence-electron chi connectivity index (χ0n) is 13.1. The van der Waals surface area contributed by atoms with E-state index in [9.17, 15) is 4.79 Å². The fourth-order valence-electron chi connectivity index (χ4n) is 3.82. The number of carbonyl (C=O) groups excluding carboxylic acids is 1. The maximum absolute atomic E-state index is 12.2. The Morgan fingerprint density at radius 1 is 1.19 bits per heavy atom. The molecule has 1 aliphatic carbocycles. The molecule has 2 aliphatic heterocycles. The molecule has 5 heteroatoms. The number of likely N-dealkylation sites (tertiary alicyclic amines) is 1. The van der Waals surface area contributed by atoms with Gasteiger partial charge in [-0.1, -0.05) is 19.8 Å². The molecule has 2 atom stereocenters. The van der Waals surface area contributed by atoms with Gasteiger partial charge in [0.25, 0.3) is 0 Å². The van der Waals surface area contributed by atoms with E-state index in [1.54, 1.807) is 0 Å². The van der Waals surface area contributed by atoms with Crippen molar-refractivity contribution >= 4 is 5.91 Å². The van der Waals surface area contributed by atoms with Crippen LogP contribution in [0.15, 0.2) is 0 Å². The molecule has 1 amide bonds. The molecule has 5 nitrogen and oxygen atoms in total. The summed E-state index contributed by atoms with van der Waals surface area (Å²) in [6.07, 6.45) is 6.68. The predicted molar refractivity (Wildman–Crippen MR) is 79.9 cm³/mol. The Morgan fingerprint density at radius 3 is 2.52 bits per heavy atom. The molecule has 0 aromatic heterocycles. The van der Waals surface area contributed by atoms with Crippen LogP contribution in [-0.4, -0.2) is 55.5 Å². The Kier molecular flexibility index (Phi) is 4.82. The lowest BCUT2D eigenvalue weighted by molar-refractivity contribution is -0.185. The van der Waals surface area contributed by atoms with Gasteiger partial charge < -0.3 is 14.8 Å². The third kappa shape index (κ3) is 3.76. The maximum atomic E-state index is 12.2. The molecule has 1 N–H and O–H groups in total. The third-order valence-corrected chi connectivity index (χ3v) is 5.26. The van der Waals surface area contributed by atoms with Crippen molar-refractivity contribution in [1.82, 2.24) is 10.2 Å². The smallest absolute Gasteiger partial charge is 0.234 e. The van der Waals surface area contributed by atoms with E-state index < -0.39 is 0 Å². The van der Waals surface area contributed by atoms with E-state index in [1.807, 2.05) is 0 Å². The summed E-state index contributed by atoms with van der Waals surface area (Å²) in [4.78, 5) is 14.4. The van der Waals surface area contributed by atoms with Crippen molar-refractivity contribution in [3.8, 4) is 0 Å². The van der Waals surface area contributed by atoms with Crippen molar-refractivity contribution in [2.75, 3.05) is 32.8 Å². The van der Waals surface area contributed by atoms with Gasteiger partial charge in [-0.3, -0.25) is 9.69 Å². The Hall–Kier alpha value is -0.650. The number of amides is 1. The molecular formula is C16H28N2O3. The van der Waals surface area contributed by atoms with Gasteiger partial charge >= 0.3 is 0 Å². The molecule has 0 bridgehead atoms. The molecule has 120 valence electrons. The Morgan fingerprint density at radius 2 is 1.86 bits per heavy atom. The van der Waals surface area contributed by atoms with Crippen LogP contribution < -0.4 is 5.32 Å². The summed E-state index contributed by atoms with van der Waals surface area (Å²) in [6.45, 7) is 5.95. The van der Waals surface area contributed by atoms with Crippen LogP contribution in [0.1, 0.15) is 45.4 Å². The van der Waals surface area contributed by atoms with Crippen LogP contribution in [0.25, 0.3) is 0 Å². The lowest BCUT2D eigenvalue weighted by atomic mass is 9.86. The fraction of sp³-hybridized carbons (Fsp3) is 0.938. The molecule has 0 aromatic rings. The highest BCUT2D eigenvalue weighted by Crippen LogP contribution is 2.31. The minimum atomic E-state index is -0.342. The molecule has 3 aliphatic rings. The first kappa shape index (κ1) is 15.3. The SMILES string of the molecule is C[C@H]1CCCC[C@H]1NC(=O)CN1CCC2(CC1)OCCO2. The molecule has 21 heavy (non-hydrogen) atoms. The van der Waals surface area contributed by atoms with Crippen molar-refractivity contribution in [2.45, 2.75) is 57.3 Å². The standard InChI is InChI=1S/C16H28N2O3/c1-13-4-2-3-5-14(13)17-15(19)12-18-8-6-16(7-9-18)20-10-11-21-16/h13-14H,2-12H2,1H3,(H,17,19)/t13-,14+/m0/s1. The Labute approximate surface area is 127 Å². The summed E-state index contributed by atoms with van der Waals surface area (Å²) in [5, 5.41) is 3.23. The topological polar surface area (TPSA) is 50.8 Å². The molecule has 0 unspecified atom stereocenters. The number of nitrogens with one attached hydrogen (secondary N) is 1. The van der Waals surface area contributed by atoms with Crippen LogP contribution in [0, 0.1) is 5.92 Å². The highest BCUT2D eigenvalue weighted by Gasteiger charge is 2.40. The van der Waals surface area contributed by atoms with E-state index in [2.05, 4.69) is 17.1 Å². The molecule has 1 spiro atoms. The van der Waals surface area contributed by atoms with E-state index in [-0.39, 0.29) is 11.7 Å². The first-order chi connectivity index (χ1) is 10.2. The average Bonchev–Trinajstić information content (AvgIpc) is 2.93. The molecule has 3 fully saturated rings. The lowest BCUT2D eigenvalue weighted by Crippen LogP contribution is -2.50. The van der Waals surface area contributed by atoms with Gasteiger partial charge in [0.1, 0.15) is 0 Å². The Bertz CT molecular complexity index is 359. The van der Waals surface area contributed by atoms with Gasteiger partial charge in [0.2, 0.25) is 5.91 Å². The third-order valence-electron chi connectivity index (χ3n) is 5.26. The summed E-state index contributed by atoms with van der Waals surface area (Å²) < 4.78 is 11.4. The van der Waals surface area contributed by atoms with E-state index in [4.69, 9.17) is 9.47 Å². The van der Waals surface area contributed by atoms with Gasteiger partial charge in [0, 0.05) is 32.0 Å². The summed E-state index contributed by atoms with van der Waals surface area (Å²) in [6, 6.07) is 0.379. The molecular weight excluding hydrogens is 268 g/mol. The second-order valence-electron chi connectivity index (χ2n) is 6.82. The number of hydrogen-bond acceptors (Lipinski definition) is 4. The molecule has 1 saturated carbocycles. The van der Waals surface area contributed by atoms with Gasteiger partial charge in [-0.05, 0) is 18.8 Å². The molecule has 0 aromatic carbocycles. The number of nitrogens with zero attached hydrogens (tertiary/aromatic N) is 1. The summed E-state index contributed by atoms with van der Waals surface area (Å²) in [7, 11) is 0. The van der Waals surface area contributed by atoms with E-state index in [0.717, 1.165) is 32.4 Å². The van der Waals surface area contributed by atoms with Crippen LogP contribution in [0.5, 0.6) is 0 Å². The predicted octanol–water partition coefficient (Wildman–Crippen LogP) is 1.52. The van der Waals surface area contributed by atoms with Gasteiger partial charge in [-0.15, -0.1) is 0 Å². The van der Waals surface area contributed by atoms with Crippen molar-refractivity contribution in [3.05, 3.63) is 0 Å². The molecule has 3 rings (SSSR count). The second kappa shape index (κ2) is 6.63. The van der Waals surface area contributed by atoms with Gasteiger partial charge in [0.05, 0.1) is 19.8 Å². The minimum Gasteiger partial charge on any atom is -0.352 e. The highest BCUT2D eigenvalue weighted by molar-refractivity contribution is 5.78. The average molecular weight is 296 g/mol. The first-order valence-corrected chi connectivity index (χ1v) is 8.46. The van der Waals surface area contributed by atoms with Crippen molar-refractivity contribution < 1.29 is 14.3 Å². The summed E-state index contributed by atoms with van der Waals surface area (Å²) >= 11 is 0. The van der Waals surface area contributed by atoms with Crippen LogP contribution in [0.2, 0.25) is 0 Å². The van der Waals surface area contributed by atoms with E-state index in [0.29, 0.717) is 31.7 Å². The van der Waals surface area contributed by atoms with Crippen molar-refractivity contribution in [1.29, 1.82) is 0 Å². The summed E-state index contributed by atoms with van der Waals surface area (Å²) in [5.41, 5.74) is 0. The zero-order chi connectivity index (χ0) is 14.7. The minimum absolute atomic E-state index is 0.179. The Balaban J connectivity index is 1.41. The van der Waals surface area contributed by atoms with Crippen LogP contribution in [-0.2, 0) is 14.3 Å². The van der Waals surface area contributed by atoms with Gasteiger partial charge in [-0.25, -0.2) is 0 Å². The van der Waals surface area contributed by atoms with Crippen molar-refractivity contribution in [2.24, 2.45) is 5.92 Å².